The third kappa shape index (κ3) is 4.97. The van der Waals surface area contributed by atoms with E-state index in [0.29, 0.717) is 5.41 Å². The van der Waals surface area contributed by atoms with Crippen molar-refractivity contribution in [2.45, 2.75) is 65.8 Å². The van der Waals surface area contributed by atoms with Crippen LogP contribution in [0.3, 0.4) is 0 Å². The molecule has 1 saturated heterocycles. The minimum Gasteiger partial charge on any atom is -0.317 e. The van der Waals surface area contributed by atoms with Crippen LogP contribution in [0, 0.1) is 5.41 Å². The zero-order chi connectivity index (χ0) is 12.7. The van der Waals surface area contributed by atoms with E-state index in [2.05, 4.69) is 37.9 Å². The molecule has 1 heterocycles. The van der Waals surface area contributed by atoms with Crippen LogP contribution in [-0.4, -0.2) is 37.1 Å². The summed E-state index contributed by atoms with van der Waals surface area (Å²) in [6.07, 6.45) is 6.61. The van der Waals surface area contributed by atoms with E-state index >= 15 is 0 Å². The zero-order valence-electron chi connectivity index (χ0n) is 12.4. The molecule has 0 saturated carbocycles. The van der Waals surface area contributed by atoms with Gasteiger partial charge in [-0.05, 0) is 57.7 Å². The highest BCUT2D eigenvalue weighted by Crippen LogP contribution is 2.30. The Morgan fingerprint density at radius 2 is 1.88 bits per heavy atom. The van der Waals surface area contributed by atoms with E-state index < -0.39 is 0 Å². The first-order valence-corrected chi connectivity index (χ1v) is 7.56. The number of unbranched alkanes of at least 4 members (excludes halogenated alkanes) is 1. The number of rotatable bonds is 7. The highest BCUT2D eigenvalue weighted by molar-refractivity contribution is 4.85. The van der Waals surface area contributed by atoms with Gasteiger partial charge in [0.05, 0.1) is 0 Å². The normalized spacial score (nSPS) is 21.7. The highest BCUT2D eigenvalue weighted by atomic mass is 15.2. The Morgan fingerprint density at radius 1 is 1.24 bits per heavy atom. The van der Waals surface area contributed by atoms with Crippen LogP contribution in [0.25, 0.3) is 0 Å². The second-order valence-corrected chi connectivity index (χ2v) is 6.14. The predicted octanol–water partition coefficient (Wildman–Crippen LogP) is 3.28. The molecule has 1 rings (SSSR count). The summed E-state index contributed by atoms with van der Waals surface area (Å²) >= 11 is 0. The molecule has 1 fully saturated rings. The average molecular weight is 240 g/mol. The smallest absolute Gasteiger partial charge is 0.00645 e. The number of nitrogens with one attached hydrogen (secondary N) is 1. The first-order chi connectivity index (χ1) is 8.11. The summed E-state index contributed by atoms with van der Waals surface area (Å²) in [5.74, 6) is 0. The summed E-state index contributed by atoms with van der Waals surface area (Å²) in [5, 5.41) is 3.48. The molecule has 0 aliphatic carbocycles. The van der Waals surface area contributed by atoms with Crippen LogP contribution in [0.5, 0.6) is 0 Å². The van der Waals surface area contributed by atoms with Gasteiger partial charge in [-0.2, -0.15) is 0 Å². The minimum absolute atomic E-state index is 0.544. The van der Waals surface area contributed by atoms with E-state index in [1.165, 1.54) is 58.3 Å². The number of nitrogens with zero attached hydrogens (tertiary/aromatic N) is 1. The Balaban J connectivity index is 2.50. The molecule has 0 radical (unpaired) electrons. The molecular weight excluding hydrogens is 208 g/mol. The highest BCUT2D eigenvalue weighted by Gasteiger charge is 2.29. The van der Waals surface area contributed by atoms with Crippen LogP contribution >= 0.6 is 0 Å². The lowest BCUT2D eigenvalue weighted by Gasteiger charge is -2.41. The van der Waals surface area contributed by atoms with Crippen LogP contribution < -0.4 is 5.32 Å². The fourth-order valence-electron chi connectivity index (χ4n) is 2.75. The molecule has 0 spiro atoms. The molecule has 17 heavy (non-hydrogen) atoms. The minimum atomic E-state index is 0.544. The van der Waals surface area contributed by atoms with Crippen LogP contribution in [0.1, 0.15) is 59.8 Å². The Morgan fingerprint density at radius 3 is 2.41 bits per heavy atom. The van der Waals surface area contributed by atoms with Crippen molar-refractivity contribution in [2.24, 2.45) is 5.41 Å². The van der Waals surface area contributed by atoms with E-state index in [9.17, 15) is 0 Å². The SMILES string of the molecule is CCCCN(CC1(C)CCNCC1)C(C)CC. The van der Waals surface area contributed by atoms with Crippen molar-refractivity contribution < 1.29 is 0 Å². The van der Waals surface area contributed by atoms with Gasteiger partial charge in [-0.25, -0.2) is 0 Å². The van der Waals surface area contributed by atoms with Gasteiger partial charge in [0, 0.05) is 12.6 Å². The van der Waals surface area contributed by atoms with Crippen molar-refractivity contribution in [3.05, 3.63) is 0 Å². The molecule has 0 bridgehead atoms. The Hall–Kier alpha value is -0.0800. The quantitative estimate of drug-likeness (QED) is 0.735. The van der Waals surface area contributed by atoms with Gasteiger partial charge < -0.3 is 10.2 Å². The van der Waals surface area contributed by atoms with E-state index in [0.717, 1.165) is 6.04 Å². The maximum absolute atomic E-state index is 3.48. The zero-order valence-corrected chi connectivity index (χ0v) is 12.4. The molecule has 0 aromatic heterocycles. The van der Waals surface area contributed by atoms with Gasteiger partial charge >= 0.3 is 0 Å². The second kappa shape index (κ2) is 7.38. The van der Waals surface area contributed by atoms with E-state index in [4.69, 9.17) is 0 Å². The van der Waals surface area contributed by atoms with Gasteiger partial charge in [0.2, 0.25) is 0 Å². The second-order valence-electron chi connectivity index (χ2n) is 6.14. The molecule has 1 N–H and O–H groups in total. The van der Waals surface area contributed by atoms with E-state index in [1.54, 1.807) is 0 Å². The lowest BCUT2D eigenvalue weighted by Crippen LogP contribution is -2.46. The maximum atomic E-state index is 3.48. The Labute approximate surface area is 108 Å². The van der Waals surface area contributed by atoms with Crippen LogP contribution in [0.4, 0.5) is 0 Å². The fraction of sp³-hybridized carbons (Fsp3) is 1.00. The van der Waals surface area contributed by atoms with Crippen LogP contribution in [-0.2, 0) is 0 Å². The van der Waals surface area contributed by atoms with Crippen LogP contribution in [0.15, 0.2) is 0 Å². The van der Waals surface area contributed by atoms with Crippen molar-refractivity contribution >= 4 is 0 Å². The molecule has 1 unspecified atom stereocenters. The van der Waals surface area contributed by atoms with Gasteiger partial charge in [0.1, 0.15) is 0 Å². The molecule has 1 atom stereocenters. The number of hydrogen-bond donors (Lipinski definition) is 1. The lowest BCUT2D eigenvalue weighted by atomic mass is 9.80. The largest absolute Gasteiger partial charge is 0.317 e. The van der Waals surface area contributed by atoms with Gasteiger partial charge in [-0.1, -0.05) is 27.2 Å². The third-order valence-corrected chi connectivity index (χ3v) is 4.41. The van der Waals surface area contributed by atoms with Crippen molar-refractivity contribution in [1.29, 1.82) is 0 Å². The first kappa shape index (κ1) is 15.0. The van der Waals surface area contributed by atoms with E-state index in [1.807, 2.05) is 0 Å². The van der Waals surface area contributed by atoms with Crippen molar-refractivity contribution in [3.63, 3.8) is 0 Å². The summed E-state index contributed by atoms with van der Waals surface area (Å²) in [6.45, 7) is 14.5. The molecular formula is C15H32N2. The molecule has 2 nitrogen and oxygen atoms in total. The summed E-state index contributed by atoms with van der Waals surface area (Å²) in [5.41, 5.74) is 0.544. The number of piperidine rings is 1. The van der Waals surface area contributed by atoms with E-state index in [-0.39, 0.29) is 0 Å². The molecule has 102 valence electrons. The third-order valence-electron chi connectivity index (χ3n) is 4.41. The fourth-order valence-corrected chi connectivity index (χ4v) is 2.75. The summed E-state index contributed by atoms with van der Waals surface area (Å²) in [6, 6.07) is 0.744. The van der Waals surface area contributed by atoms with Crippen molar-refractivity contribution in [1.82, 2.24) is 10.2 Å². The maximum Gasteiger partial charge on any atom is 0.00645 e. The lowest BCUT2D eigenvalue weighted by molar-refractivity contribution is 0.0964. The summed E-state index contributed by atoms with van der Waals surface area (Å²) < 4.78 is 0. The molecule has 0 aromatic rings. The average Bonchev–Trinajstić information content (AvgIpc) is 2.34. The molecule has 0 aromatic carbocycles. The predicted molar refractivity (Wildman–Crippen MR) is 76.4 cm³/mol. The monoisotopic (exact) mass is 240 g/mol. The summed E-state index contributed by atoms with van der Waals surface area (Å²) in [4.78, 5) is 2.73. The van der Waals surface area contributed by atoms with Gasteiger partial charge in [0.15, 0.2) is 0 Å². The number of hydrogen-bond acceptors (Lipinski definition) is 2. The van der Waals surface area contributed by atoms with Crippen LogP contribution in [0.2, 0.25) is 0 Å². The topological polar surface area (TPSA) is 15.3 Å². The first-order valence-electron chi connectivity index (χ1n) is 7.56. The van der Waals surface area contributed by atoms with Crippen molar-refractivity contribution in [2.75, 3.05) is 26.2 Å². The Bertz CT molecular complexity index is 197. The standard InChI is InChI=1S/C15H32N2/c1-5-7-12-17(14(3)6-2)13-15(4)8-10-16-11-9-15/h14,16H,5-13H2,1-4H3. The van der Waals surface area contributed by atoms with Gasteiger partial charge in [-0.15, -0.1) is 0 Å². The Kier molecular flexibility index (Phi) is 6.50. The van der Waals surface area contributed by atoms with Gasteiger partial charge in [0.25, 0.3) is 0 Å². The summed E-state index contributed by atoms with van der Waals surface area (Å²) in [7, 11) is 0. The molecule has 2 heteroatoms. The molecule has 1 aliphatic rings. The molecule has 1 aliphatic heterocycles. The van der Waals surface area contributed by atoms with Crippen molar-refractivity contribution in [3.8, 4) is 0 Å². The van der Waals surface area contributed by atoms with Gasteiger partial charge in [-0.3, -0.25) is 0 Å². The molecule has 0 amide bonds.